The van der Waals surface area contributed by atoms with Crippen molar-refractivity contribution in [3.8, 4) is 0 Å². The average Bonchev–Trinajstić information content (AvgIpc) is 2.94. The molecule has 2 aromatic heterocycles. The van der Waals surface area contributed by atoms with Crippen LogP contribution in [0.15, 0.2) is 23.1 Å². The number of hydrogen-bond donors (Lipinski definition) is 0. The van der Waals surface area contributed by atoms with E-state index in [0.717, 1.165) is 25.7 Å². The molecule has 0 saturated carbocycles. The first-order chi connectivity index (χ1) is 11.2. The van der Waals surface area contributed by atoms with Gasteiger partial charge < -0.3 is 9.42 Å². The highest BCUT2D eigenvalue weighted by atomic mass is 16.5. The quantitative estimate of drug-likeness (QED) is 0.865. The lowest BCUT2D eigenvalue weighted by atomic mass is 10.1. The second kappa shape index (κ2) is 6.85. The highest BCUT2D eigenvalue weighted by Gasteiger charge is 2.31. The third-order valence-corrected chi connectivity index (χ3v) is 4.05. The molecular formula is C16H21N5O2. The fourth-order valence-corrected chi connectivity index (χ4v) is 2.79. The number of hydrogen-bond acceptors (Lipinski definition) is 6. The van der Waals surface area contributed by atoms with Crippen LogP contribution in [0, 0.1) is 0 Å². The molecule has 0 N–H and O–H groups in total. The summed E-state index contributed by atoms with van der Waals surface area (Å²) in [5.74, 6) is 1.25. The van der Waals surface area contributed by atoms with Crippen molar-refractivity contribution in [2.45, 2.75) is 51.5 Å². The maximum absolute atomic E-state index is 12.8. The number of amides is 1. The minimum absolute atomic E-state index is 0.124. The summed E-state index contributed by atoms with van der Waals surface area (Å²) in [6.45, 7) is 4.69. The first kappa shape index (κ1) is 15.6. The largest absolute Gasteiger partial charge is 0.339 e. The summed E-state index contributed by atoms with van der Waals surface area (Å²) in [6, 6.07) is -0.164. The number of nitrogens with zero attached hydrogens (tertiary/aromatic N) is 5. The number of rotatable bonds is 3. The highest BCUT2D eigenvalue weighted by Crippen LogP contribution is 2.30. The van der Waals surface area contributed by atoms with Gasteiger partial charge in [-0.05, 0) is 12.8 Å². The van der Waals surface area contributed by atoms with Gasteiger partial charge in [0, 0.05) is 24.9 Å². The van der Waals surface area contributed by atoms with Gasteiger partial charge in [0.15, 0.2) is 5.82 Å². The van der Waals surface area contributed by atoms with E-state index in [-0.39, 0.29) is 17.9 Å². The number of aromatic nitrogens is 4. The predicted octanol–water partition coefficient (Wildman–Crippen LogP) is 2.74. The molecule has 1 atom stereocenters. The van der Waals surface area contributed by atoms with Crippen molar-refractivity contribution in [2.24, 2.45) is 0 Å². The molecule has 1 saturated heterocycles. The Morgan fingerprint density at radius 1 is 1.30 bits per heavy atom. The van der Waals surface area contributed by atoms with Crippen molar-refractivity contribution >= 4 is 5.91 Å². The van der Waals surface area contributed by atoms with Crippen molar-refractivity contribution in [1.82, 2.24) is 25.0 Å². The van der Waals surface area contributed by atoms with Crippen molar-refractivity contribution in [2.75, 3.05) is 6.54 Å². The molecule has 1 fully saturated rings. The van der Waals surface area contributed by atoms with Gasteiger partial charge >= 0.3 is 0 Å². The third-order valence-electron chi connectivity index (χ3n) is 4.05. The SMILES string of the molecule is CC(C)c1nc([C@@H]2CCCCCN2C(=O)c2cnccn2)no1. The Labute approximate surface area is 135 Å². The summed E-state index contributed by atoms with van der Waals surface area (Å²) < 4.78 is 5.33. The van der Waals surface area contributed by atoms with Crippen molar-refractivity contribution in [1.29, 1.82) is 0 Å². The van der Waals surface area contributed by atoms with Gasteiger partial charge in [0.25, 0.3) is 5.91 Å². The summed E-state index contributed by atoms with van der Waals surface area (Å²) in [4.78, 5) is 27.2. The van der Waals surface area contributed by atoms with Crippen LogP contribution < -0.4 is 0 Å². The van der Waals surface area contributed by atoms with Gasteiger partial charge in [0.1, 0.15) is 5.69 Å². The molecule has 1 aliphatic rings. The first-order valence-corrected chi connectivity index (χ1v) is 8.07. The van der Waals surface area contributed by atoms with Crippen LogP contribution in [0.1, 0.15) is 73.7 Å². The van der Waals surface area contributed by atoms with Crippen LogP contribution in [0.4, 0.5) is 0 Å². The Morgan fingerprint density at radius 3 is 2.87 bits per heavy atom. The molecule has 0 aromatic carbocycles. The molecule has 0 unspecified atom stereocenters. The molecular weight excluding hydrogens is 294 g/mol. The molecule has 0 spiro atoms. The second-order valence-electron chi connectivity index (χ2n) is 6.10. The maximum atomic E-state index is 12.8. The van der Waals surface area contributed by atoms with Gasteiger partial charge in [0.05, 0.1) is 12.2 Å². The molecule has 0 radical (unpaired) electrons. The van der Waals surface area contributed by atoms with Crippen molar-refractivity contribution in [3.63, 3.8) is 0 Å². The molecule has 7 heteroatoms. The number of carbonyl (C=O) groups excluding carboxylic acids is 1. The summed E-state index contributed by atoms with van der Waals surface area (Å²) >= 11 is 0. The van der Waals surface area contributed by atoms with Crippen LogP contribution >= 0.6 is 0 Å². The van der Waals surface area contributed by atoms with Crippen LogP contribution in [-0.2, 0) is 0 Å². The van der Waals surface area contributed by atoms with Gasteiger partial charge in [-0.25, -0.2) is 4.98 Å². The zero-order valence-corrected chi connectivity index (χ0v) is 13.5. The van der Waals surface area contributed by atoms with Gasteiger partial charge in [-0.1, -0.05) is 31.8 Å². The van der Waals surface area contributed by atoms with Crippen LogP contribution in [0.25, 0.3) is 0 Å². The van der Waals surface area contributed by atoms with E-state index in [9.17, 15) is 4.79 Å². The Morgan fingerprint density at radius 2 is 2.17 bits per heavy atom. The van der Waals surface area contributed by atoms with E-state index in [4.69, 9.17) is 4.52 Å². The summed E-state index contributed by atoms with van der Waals surface area (Å²) in [7, 11) is 0. The molecule has 3 heterocycles. The van der Waals surface area contributed by atoms with E-state index in [1.807, 2.05) is 18.7 Å². The summed E-state index contributed by atoms with van der Waals surface area (Å²) in [5, 5.41) is 4.11. The van der Waals surface area contributed by atoms with Gasteiger partial charge in [-0.3, -0.25) is 9.78 Å². The fourth-order valence-electron chi connectivity index (χ4n) is 2.79. The molecule has 7 nitrogen and oxygen atoms in total. The number of carbonyl (C=O) groups is 1. The monoisotopic (exact) mass is 315 g/mol. The van der Waals surface area contributed by atoms with E-state index in [1.54, 1.807) is 6.20 Å². The maximum Gasteiger partial charge on any atom is 0.274 e. The zero-order valence-electron chi connectivity index (χ0n) is 13.5. The number of likely N-dealkylation sites (tertiary alicyclic amines) is 1. The topological polar surface area (TPSA) is 85.0 Å². The normalized spacial score (nSPS) is 18.9. The van der Waals surface area contributed by atoms with Crippen molar-refractivity contribution in [3.05, 3.63) is 36.0 Å². The van der Waals surface area contributed by atoms with Gasteiger partial charge in [0.2, 0.25) is 5.89 Å². The van der Waals surface area contributed by atoms with Crippen LogP contribution in [0.3, 0.4) is 0 Å². The van der Waals surface area contributed by atoms with Crippen LogP contribution in [-0.4, -0.2) is 37.5 Å². The van der Waals surface area contributed by atoms with E-state index in [0.29, 0.717) is 24.0 Å². The smallest absolute Gasteiger partial charge is 0.274 e. The Balaban J connectivity index is 1.89. The Kier molecular flexibility index (Phi) is 4.64. The van der Waals surface area contributed by atoms with Crippen LogP contribution in [0.5, 0.6) is 0 Å². The van der Waals surface area contributed by atoms with E-state index < -0.39 is 0 Å². The molecule has 122 valence electrons. The molecule has 3 rings (SSSR count). The third kappa shape index (κ3) is 3.38. The fraction of sp³-hybridized carbons (Fsp3) is 0.562. The lowest BCUT2D eigenvalue weighted by Crippen LogP contribution is -2.36. The Hall–Kier alpha value is -2.31. The van der Waals surface area contributed by atoms with E-state index in [2.05, 4.69) is 20.1 Å². The minimum atomic E-state index is -0.164. The lowest BCUT2D eigenvalue weighted by Gasteiger charge is -2.27. The minimum Gasteiger partial charge on any atom is -0.339 e. The van der Waals surface area contributed by atoms with Gasteiger partial charge in [-0.15, -0.1) is 0 Å². The average molecular weight is 315 g/mol. The summed E-state index contributed by atoms with van der Waals surface area (Å²) in [5.41, 5.74) is 0.354. The van der Waals surface area contributed by atoms with Crippen LogP contribution in [0.2, 0.25) is 0 Å². The highest BCUT2D eigenvalue weighted by molar-refractivity contribution is 5.92. The first-order valence-electron chi connectivity index (χ1n) is 8.07. The van der Waals surface area contributed by atoms with Crippen molar-refractivity contribution < 1.29 is 9.32 Å². The standard InChI is InChI=1S/C16H21N5O2/c1-11(2)15-19-14(20-23-15)13-6-4-3-5-9-21(13)16(22)12-10-17-7-8-18-12/h7-8,10-11,13H,3-6,9H2,1-2H3/t13-/m0/s1. The summed E-state index contributed by atoms with van der Waals surface area (Å²) in [6.07, 6.45) is 8.53. The zero-order chi connectivity index (χ0) is 16.2. The van der Waals surface area contributed by atoms with Gasteiger partial charge in [-0.2, -0.15) is 4.98 Å². The van der Waals surface area contributed by atoms with E-state index in [1.165, 1.54) is 12.4 Å². The van der Waals surface area contributed by atoms with E-state index >= 15 is 0 Å². The molecule has 1 aliphatic heterocycles. The molecule has 0 aliphatic carbocycles. The second-order valence-corrected chi connectivity index (χ2v) is 6.10. The molecule has 0 bridgehead atoms. The Bertz CT molecular complexity index is 656. The lowest BCUT2D eigenvalue weighted by molar-refractivity contribution is 0.0663. The molecule has 2 aromatic rings. The molecule has 23 heavy (non-hydrogen) atoms. The predicted molar refractivity (Wildman–Crippen MR) is 82.7 cm³/mol. The molecule has 1 amide bonds.